The maximum absolute atomic E-state index is 14.2. The fourth-order valence-corrected chi connectivity index (χ4v) is 7.73. The van der Waals surface area contributed by atoms with Crippen molar-refractivity contribution in [2.45, 2.75) is 76.4 Å². The van der Waals surface area contributed by atoms with Gasteiger partial charge >= 0.3 is 11.9 Å². The van der Waals surface area contributed by atoms with Gasteiger partial charge in [-0.2, -0.15) is 10.2 Å². The minimum Gasteiger partial charge on any atom is -0.462 e. The van der Waals surface area contributed by atoms with Crippen LogP contribution in [0, 0.1) is 5.92 Å². The van der Waals surface area contributed by atoms with Gasteiger partial charge in [-0.15, -0.1) is 10.2 Å². The number of rotatable bonds is 10. The van der Waals surface area contributed by atoms with Gasteiger partial charge in [0.25, 0.3) is 0 Å². The van der Waals surface area contributed by atoms with Gasteiger partial charge in [-0.3, -0.25) is 9.80 Å². The quantitative estimate of drug-likeness (QED) is 0.180. The van der Waals surface area contributed by atoms with Crippen LogP contribution in [0.5, 0.6) is 5.75 Å². The molecule has 2 unspecified atom stereocenters. The van der Waals surface area contributed by atoms with E-state index in [9.17, 15) is 14.4 Å². The van der Waals surface area contributed by atoms with Crippen LogP contribution in [-0.2, 0) is 20.7 Å². The van der Waals surface area contributed by atoms with Gasteiger partial charge in [0.2, 0.25) is 11.7 Å². The van der Waals surface area contributed by atoms with Crippen molar-refractivity contribution in [3.05, 3.63) is 83.9 Å². The molecule has 0 spiro atoms. The molecule has 11 heteroatoms. The number of hydrazine groups is 1. The first-order valence-corrected chi connectivity index (χ1v) is 16.5. The first kappa shape index (κ1) is 30.7. The minimum absolute atomic E-state index is 0.0812. The zero-order valence-electron chi connectivity index (χ0n) is 26.6. The van der Waals surface area contributed by atoms with E-state index in [0.29, 0.717) is 36.4 Å². The van der Waals surface area contributed by atoms with Gasteiger partial charge in [0.15, 0.2) is 0 Å². The predicted octanol–water partition coefficient (Wildman–Crippen LogP) is 5.40. The lowest BCUT2D eigenvalue weighted by Gasteiger charge is -2.57. The zero-order chi connectivity index (χ0) is 32.5. The highest BCUT2D eigenvalue weighted by atomic mass is 16.5. The molecule has 3 aromatic carbocycles. The number of hydrogen-bond acceptors (Lipinski definition) is 9. The first-order valence-electron chi connectivity index (χ1n) is 16.5. The van der Waals surface area contributed by atoms with Crippen LogP contribution in [0.15, 0.2) is 72.8 Å². The van der Waals surface area contributed by atoms with Gasteiger partial charge in [0, 0.05) is 17.6 Å². The molecule has 4 heterocycles. The van der Waals surface area contributed by atoms with Crippen molar-refractivity contribution in [3.8, 4) is 28.3 Å². The fourth-order valence-electron chi connectivity index (χ4n) is 7.73. The van der Waals surface area contributed by atoms with Crippen LogP contribution in [0.2, 0.25) is 0 Å². The van der Waals surface area contributed by atoms with Crippen molar-refractivity contribution >= 4 is 17.8 Å². The molecule has 242 valence electrons. The monoisotopic (exact) mass is 634 g/mol. The van der Waals surface area contributed by atoms with E-state index in [1.165, 1.54) is 0 Å². The Morgan fingerprint density at radius 3 is 2.45 bits per heavy atom. The van der Waals surface area contributed by atoms with Gasteiger partial charge in [-0.05, 0) is 85.6 Å². The Bertz CT molecular complexity index is 1770. The second-order valence-corrected chi connectivity index (χ2v) is 12.6. The number of carbonyl (C=O) groups excluding carboxylic acids is 3. The number of ether oxygens (including phenoxy) is 2. The van der Waals surface area contributed by atoms with Crippen LogP contribution in [0.4, 0.5) is 0 Å². The number of aromatic amines is 1. The van der Waals surface area contributed by atoms with E-state index in [0.717, 1.165) is 47.9 Å². The molecule has 2 atom stereocenters. The number of benzene rings is 3. The summed E-state index contributed by atoms with van der Waals surface area (Å²) in [5.41, 5.74) is 3.34. The summed E-state index contributed by atoms with van der Waals surface area (Å²) in [6.07, 6.45) is 4.98. The minimum atomic E-state index is -0.943. The van der Waals surface area contributed by atoms with Crippen LogP contribution >= 0.6 is 0 Å². The van der Waals surface area contributed by atoms with E-state index in [4.69, 9.17) is 9.47 Å². The van der Waals surface area contributed by atoms with Crippen LogP contribution in [0.25, 0.3) is 22.5 Å². The van der Waals surface area contributed by atoms with Crippen molar-refractivity contribution in [1.82, 2.24) is 30.6 Å². The Morgan fingerprint density at radius 1 is 0.979 bits per heavy atom. The van der Waals surface area contributed by atoms with E-state index in [2.05, 4.69) is 56.8 Å². The van der Waals surface area contributed by atoms with Crippen molar-refractivity contribution in [2.24, 2.45) is 5.92 Å². The molecule has 1 aromatic heterocycles. The average Bonchev–Trinajstić information content (AvgIpc) is 3.74. The Morgan fingerprint density at radius 2 is 1.74 bits per heavy atom. The third kappa shape index (κ3) is 5.48. The number of aromatic nitrogens is 4. The number of fused-ring (bicyclic) bond motifs is 2. The molecule has 3 saturated heterocycles. The lowest BCUT2D eigenvalue weighted by atomic mass is 9.75. The van der Waals surface area contributed by atoms with E-state index < -0.39 is 11.5 Å². The van der Waals surface area contributed by atoms with Gasteiger partial charge in [0.05, 0.1) is 18.1 Å². The molecular weight excluding hydrogens is 596 g/mol. The molecule has 4 aliphatic rings. The molecule has 1 aliphatic carbocycles. The van der Waals surface area contributed by atoms with Crippen LogP contribution in [0.1, 0.15) is 68.3 Å². The van der Waals surface area contributed by atoms with E-state index >= 15 is 0 Å². The summed E-state index contributed by atoms with van der Waals surface area (Å²) in [5, 5.41) is 18.6. The Hall–Kier alpha value is -4.90. The Balaban J connectivity index is 1.14. The molecule has 2 bridgehead atoms. The van der Waals surface area contributed by atoms with Gasteiger partial charge < -0.3 is 9.47 Å². The van der Waals surface area contributed by atoms with Crippen LogP contribution in [0.3, 0.4) is 0 Å². The van der Waals surface area contributed by atoms with Gasteiger partial charge in [-0.25, -0.2) is 9.59 Å². The summed E-state index contributed by atoms with van der Waals surface area (Å²) < 4.78 is 11.1. The third-order valence-electron chi connectivity index (χ3n) is 9.87. The molecule has 3 aliphatic heterocycles. The van der Waals surface area contributed by atoms with E-state index in [1.54, 1.807) is 31.2 Å². The molecule has 1 N–H and O–H groups in total. The lowest BCUT2D eigenvalue weighted by molar-refractivity contribution is -0.211. The number of carbonyl (C=O) groups is 3. The number of tetrazole rings is 1. The average molecular weight is 635 g/mol. The molecule has 1 amide bonds. The molecule has 1 saturated carbocycles. The molecule has 8 rings (SSSR count). The summed E-state index contributed by atoms with van der Waals surface area (Å²) in [6, 6.07) is 22.7. The third-order valence-corrected chi connectivity index (χ3v) is 9.87. The van der Waals surface area contributed by atoms with Crippen molar-refractivity contribution in [3.63, 3.8) is 0 Å². The molecular formula is C36H38N6O5. The topological polar surface area (TPSA) is 131 Å². The summed E-state index contributed by atoms with van der Waals surface area (Å²) in [7, 11) is 0. The van der Waals surface area contributed by atoms with Crippen LogP contribution < -0.4 is 4.74 Å². The molecule has 4 aromatic rings. The maximum atomic E-state index is 14.2. The van der Waals surface area contributed by atoms with E-state index in [-0.39, 0.29) is 36.5 Å². The fraction of sp³-hybridized carbons (Fsp3) is 0.389. The molecule has 11 nitrogen and oxygen atoms in total. The smallest absolute Gasteiger partial charge is 0.338 e. The lowest BCUT2D eigenvalue weighted by Crippen LogP contribution is -2.71. The summed E-state index contributed by atoms with van der Waals surface area (Å²) in [6.45, 7) is 4.12. The van der Waals surface area contributed by atoms with Crippen molar-refractivity contribution in [1.29, 1.82) is 0 Å². The van der Waals surface area contributed by atoms with Crippen molar-refractivity contribution in [2.75, 3.05) is 6.61 Å². The standard InChI is InChI=1S/C36H38N6O5/c1-3-8-31-30(21-23-13-15-24(16-14-23)28-11-5-6-12-29(28)32-37-39-40-38-32)33(43)41-26-17-19-36(20-18-26,42(31)41)35(45)47-27-10-7-9-25(22-27)34(44)46-4-2/h5-7,9-16,22,26,30-31H,3-4,8,17-21H2,1-2H3,(H,37,38,39,40). The molecule has 47 heavy (non-hydrogen) atoms. The van der Waals surface area contributed by atoms with E-state index in [1.807, 2.05) is 29.3 Å². The van der Waals surface area contributed by atoms with Gasteiger partial charge in [0.1, 0.15) is 11.3 Å². The highest BCUT2D eigenvalue weighted by Gasteiger charge is 2.64. The van der Waals surface area contributed by atoms with Crippen molar-refractivity contribution < 1.29 is 23.9 Å². The largest absolute Gasteiger partial charge is 0.462 e. The highest BCUT2D eigenvalue weighted by molar-refractivity contribution is 5.91. The predicted molar refractivity (Wildman–Crippen MR) is 173 cm³/mol. The van der Waals surface area contributed by atoms with Crippen LogP contribution in [-0.4, -0.2) is 72.7 Å². The summed E-state index contributed by atoms with van der Waals surface area (Å²) in [5.74, 6) is -0.215. The molecule has 4 fully saturated rings. The number of nitrogens with one attached hydrogen (secondary N) is 1. The normalized spacial score (nSPS) is 23.5. The second-order valence-electron chi connectivity index (χ2n) is 12.6. The Kier molecular flexibility index (Phi) is 8.31. The number of hydrogen-bond donors (Lipinski definition) is 1. The number of amides is 1. The molecule has 0 radical (unpaired) electrons. The maximum Gasteiger partial charge on any atom is 0.338 e. The highest BCUT2D eigenvalue weighted by Crippen LogP contribution is 2.51. The summed E-state index contributed by atoms with van der Waals surface area (Å²) in [4.78, 5) is 40.7. The summed E-state index contributed by atoms with van der Waals surface area (Å²) >= 11 is 0. The SMILES string of the molecule is CCCC1C(Cc2ccc(-c3ccccc3-c3nn[nH]n3)cc2)C(=O)N2C3CCC(C(=O)Oc4cccc(C(=O)OCC)c4)(CC3)N12. The number of nitrogens with zero attached hydrogens (tertiary/aromatic N) is 5. The Labute approximate surface area is 273 Å². The number of esters is 2. The first-order chi connectivity index (χ1) is 22.9. The number of H-pyrrole nitrogens is 1. The zero-order valence-corrected chi connectivity index (χ0v) is 26.6. The van der Waals surface area contributed by atoms with Gasteiger partial charge in [-0.1, -0.05) is 67.9 Å². The second kappa shape index (κ2) is 12.7.